The number of nitrogens with zero attached hydrogens (tertiary/aromatic N) is 1. The topological polar surface area (TPSA) is 50.1 Å². The van der Waals surface area contributed by atoms with Gasteiger partial charge in [0, 0.05) is 19.8 Å². The second-order valence-electron chi connectivity index (χ2n) is 1.25. The van der Waals surface area contributed by atoms with E-state index in [0.29, 0.717) is 0 Å². The number of carbonyl (C=O) groups excluding carboxylic acids is 1. The largest absolute Gasteiger partial charge is 1.00 e. The quantitative estimate of drug-likeness (QED) is 0.304. The minimum Gasteiger partial charge on any atom is -0.540 e. The van der Waals surface area contributed by atoms with Gasteiger partial charge in [-0.3, -0.25) is 0 Å². The molecule has 44 valence electrons. The van der Waals surface area contributed by atoms with E-state index in [1.54, 1.807) is 6.07 Å². The van der Waals surface area contributed by atoms with Crippen molar-refractivity contribution in [2.24, 2.45) is 5.92 Å². The van der Waals surface area contributed by atoms with Gasteiger partial charge in [0.1, 0.15) is 0 Å². The fourth-order valence-corrected chi connectivity index (χ4v) is 0.264. The molecule has 0 radical (unpaired) electrons. The molecule has 1 atom stereocenters. The van der Waals surface area contributed by atoms with Gasteiger partial charge in [-0.2, -0.15) is 0 Å². The zero-order valence-corrected chi connectivity index (χ0v) is 7.55. The van der Waals surface area contributed by atoms with Crippen molar-refractivity contribution in [2.45, 2.75) is 0 Å². The predicted molar refractivity (Wildman–Crippen MR) is 26.7 cm³/mol. The molecule has 0 aliphatic carbocycles. The molecule has 3 nitrogen and oxygen atoms in total. The Kier molecular flexibility index (Phi) is 10.7. The van der Waals surface area contributed by atoms with Crippen LogP contribution in [0.1, 0.15) is 0 Å². The molecule has 0 saturated heterocycles. The van der Waals surface area contributed by atoms with E-state index in [9.17, 15) is 4.79 Å². The normalized spacial score (nSPS) is 10.7. The molecule has 4 heteroatoms. The molecule has 0 aromatic heterocycles. The number of hydrogen-bond donors (Lipinski definition) is 0. The zero-order valence-electron chi connectivity index (χ0n) is 5.55. The molecule has 0 spiro atoms. The molecular weight excluding hydrogens is 129 g/mol. The van der Waals surface area contributed by atoms with Crippen LogP contribution in [0, 0.1) is 17.2 Å². The first-order valence-electron chi connectivity index (χ1n) is 2.11. The molecule has 0 aliphatic heterocycles. The first-order valence-corrected chi connectivity index (χ1v) is 2.11. The van der Waals surface area contributed by atoms with Gasteiger partial charge in [-0.15, -0.1) is 0 Å². The summed E-state index contributed by atoms with van der Waals surface area (Å²) in [5, 5.41) is 8.06. The van der Waals surface area contributed by atoms with Gasteiger partial charge in [0.15, 0.2) is 0 Å². The van der Waals surface area contributed by atoms with Crippen LogP contribution in [-0.2, 0) is 9.53 Å². The van der Waals surface area contributed by atoms with Gasteiger partial charge in [-0.05, 0) is 5.92 Å². The number of methoxy groups -OCH3 is 1. The van der Waals surface area contributed by atoms with Crippen LogP contribution in [-0.4, -0.2) is 20.0 Å². The molecule has 0 fully saturated rings. The maximum absolute atomic E-state index is 9.70. The molecule has 0 aromatic carbocycles. The second-order valence-corrected chi connectivity index (χ2v) is 1.25. The second kappa shape index (κ2) is 8.12. The standard InChI is InChI=1S/C5H6NO2.Na/c1-8-4-5(2-6)3-7;/h5H,4H2,1H3;/q-1;+1. The first kappa shape index (κ1) is 11.9. The van der Waals surface area contributed by atoms with E-state index in [1.165, 1.54) is 13.4 Å². The Hall–Kier alpha value is 0.120. The van der Waals surface area contributed by atoms with E-state index < -0.39 is 5.92 Å². The maximum Gasteiger partial charge on any atom is 1.00 e. The van der Waals surface area contributed by atoms with E-state index in [4.69, 9.17) is 5.26 Å². The van der Waals surface area contributed by atoms with Crippen molar-refractivity contribution in [3.63, 3.8) is 0 Å². The van der Waals surface area contributed by atoms with Gasteiger partial charge in [-0.1, -0.05) is 0 Å². The van der Waals surface area contributed by atoms with E-state index in [0.717, 1.165) is 0 Å². The van der Waals surface area contributed by atoms with Crippen molar-refractivity contribution in [1.29, 1.82) is 5.26 Å². The third kappa shape index (κ3) is 6.00. The number of hydrogen-bond acceptors (Lipinski definition) is 3. The zero-order chi connectivity index (χ0) is 6.41. The summed E-state index contributed by atoms with van der Waals surface area (Å²) in [5.74, 6) is -0.722. The van der Waals surface area contributed by atoms with Crippen molar-refractivity contribution >= 4 is 6.29 Å². The van der Waals surface area contributed by atoms with Gasteiger partial charge >= 0.3 is 29.6 Å². The summed E-state index contributed by atoms with van der Waals surface area (Å²) in [6, 6.07) is 1.70. The third-order valence-electron chi connectivity index (χ3n) is 0.631. The van der Waals surface area contributed by atoms with Crippen LogP contribution in [0.25, 0.3) is 0 Å². The summed E-state index contributed by atoms with van der Waals surface area (Å²) in [4.78, 5) is 9.70. The number of ether oxygens (including phenoxy) is 1. The number of rotatable bonds is 3. The summed E-state index contributed by atoms with van der Waals surface area (Å²) in [6.07, 6.45) is 1.52. The van der Waals surface area contributed by atoms with Crippen LogP contribution in [0.2, 0.25) is 0 Å². The maximum atomic E-state index is 9.70. The van der Waals surface area contributed by atoms with Crippen molar-refractivity contribution in [3.05, 3.63) is 0 Å². The fraction of sp³-hybridized carbons (Fsp3) is 0.600. The Bertz CT molecular complexity index is 110. The Morgan fingerprint density at radius 1 is 1.89 bits per heavy atom. The molecule has 0 aromatic rings. The van der Waals surface area contributed by atoms with Gasteiger partial charge < -0.3 is 9.53 Å². The monoisotopic (exact) mass is 135 g/mol. The van der Waals surface area contributed by atoms with Crippen LogP contribution < -0.4 is 29.6 Å². The van der Waals surface area contributed by atoms with E-state index in [2.05, 4.69) is 4.74 Å². The van der Waals surface area contributed by atoms with E-state index >= 15 is 0 Å². The summed E-state index contributed by atoms with van der Waals surface area (Å²) >= 11 is 0. The molecule has 0 heterocycles. The van der Waals surface area contributed by atoms with Crippen molar-refractivity contribution in [2.75, 3.05) is 13.7 Å². The molecule has 9 heavy (non-hydrogen) atoms. The third-order valence-corrected chi connectivity index (χ3v) is 0.631. The van der Waals surface area contributed by atoms with Crippen LogP contribution in [0.3, 0.4) is 0 Å². The minimum atomic E-state index is -0.722. The predicted octanol–water partition coefficient (Wildman–Crippen LogP) is -3.11. The molecule has 0 aliphatic rings. The average Bonchev–Trinajstić information content (AvgIpc) is 1.83. The van der Waals surface area contributed by atoms with Crippen molar-refractivity contribution in [1.82, 2.24) is 0 Å². The minimum absolute atomic E-state index is 0. The summed E-state index contributed by atoms with van der Waals surface area (Å²) in [6.45, 7) is 0.139. The Morgan fingerprint density at radius 3 is 2.56 bits per heavy atom. The summed E-state index contributed by atoms with van der Waals surface area (Å²) in [7, 11) is 1.43. The first-order chi connectivity index (χ1) is 3.85. The summed E-state index contributed by atoms with van der Waals surface area (Å²) in [5.41, 5.74) is 0. The molecule has 0 bridgehead atoms. The average molecular weight is 135 g/mol. The number of nitriles is 1. The molecule has 0 amide bonds. The fourth-order valence-electron chi connectivity index (χ4n) is 0.264. The Labute approximate surface area is 76.3 Å². The smallest absolute Gasteiger partial charge is 0.540 e. The van der Waals surface area contributed by atoms with E-state index in [-0.39, 0.29) is 36.2 Å². The summed E-state index contributed by atoms with van der Waals surface area (Å²) < 4.78 is 4.50. The molecular formula is C5H6NNaO2. The van der Waals surface area contributed by atoms with Gasteiger partial charge in [0.2, 0.25) is 0 Å². The Balaban J connectivity index is 0. The van der Waals surface area contributed by atoms with Gasteiger partial charge in [0.25, 0.3) is 0 Å². The van der Waals surface area contributed by atoms with Crippen LogP contribution in [0.4, 0.5) is 0 Å². The van der Waals surface area contributed by atoms with Crippen LogP contribution in [0.5, 0.6) is 0 Å². The molecule has 0 rings (SSSR count). The van der Waals surface area contributed by atoms with Crippen molar-refractivity contribution in [3.8, 4) is 6.07 Å². The van der Waals surface area contributed by atoms with Gasteiger partial charge in [-0.25, -0.2) is 11.5 Å². The SMILES string of the molecule is COCC(C#N)[C-]=O.[Na+]. The van der Waals surface area contributed by atoms with Crippen LogP contribution >= 0.6 is 0 Å². The van der Waals surface area contributed by atoms with Crippen LogP contribution in [0.15, 0.2) is 0 Å². The van der Waals surface area contributed by atoms with Crippen molar-refractivity contribution < 1.29 is 39.1 Å². The molecule has 0 N–H and O–H groups in total. The molecule has 0 saturated carbocycles. The molecule has 1 unspecified atom stereocenters. The van der Waals surface area contributed by atoms with E-state index in [1.807, 2.05) is 0 Å². The Morgan fingerprint density at radius 2 is 2.44 bits per heavy atom. The van der Waals surface area contributed by atoms with Gasteiger partial charge in [0.05, 0.1) is 0 Å².